The van der Waals surface area contributed by atoms with Crippen molar-refractivity contribution in [3.8, 4) is 0 Å². The second-order valence-corrected chi connectivity index (χ2v) is 4.14. The van der Waals surface area contributed by atoms with Crippen LogP contribution in [0.25, 0.3) is 0 Å². The lowest BCUT2D eigenvalue weighted by Crippen LogP contribution is -2.17. The maximum Gasteiger partial charge on any atom is 0.310 e. The summed E-state index contributed by atoms with van der Waals surface area (Å²) in [6.07, 6.45) is 0. The quantitative estimate of drug-likeness (QED) is 0.819. The smallest absolute Gasteiger partial charge is 0.310 e. The molecule has 1 aromatic rings. The lowest BCUT2D eigenvalue weighted by molar-refractivity contribution is -0.138. The van der Waals surface area contributed by atoms with Crippen LogP contribution in [0, 0.1) is 0 Å². The van der Waals surface area contributed by atoms with Crippen molar-refractivity contribution in [2.75, 3.05) is 7.05 Å². The summed E-state index contributed by atoms with van der Waals surface area (Å²) in [6.45, 7) is 2.23. The van der Waals surface area contributed by atoms with E-state index >= 15 is 0 Å². The van der Waals surface area contributed by atoms with Crippen LogP contribution in [0.4, 0.5) is 0 Å². The largest absolute Gasteiger partial charge is 0.481 e. The molecule has 4 heteroatoms. The molecule has 1 heterocycles. The number of carboxylic acid groups (broad SMARTS) is 1. The molecule has 84 valence electrons. The van der Waals surface area contributed by atoms with Crippen LogP contribution in [-0.2, 0) is 11.3 Å². The van der Waals surface area contributed by atoms with Crippen molar-refractivity contribution in [2.45, 2.75) is 19.4 Å². The summed E-state index contributed by atoms with van der Waals surface area (Å²) in [6, 6.07) is 5.32. The highest BCUT2D eigenvalue weighted by molar-refractivity contribution is 5.98. The number of benzene rings is 1. The van der Waals surface area contributed by atoms with Crippen LogP contribution in [0.1, 0.15) is 34.3 Å². The first-order chi connectivity index (χ1) is 7.50. The molecule has 0 bridgehead atoms. The highest BCUT2D eigenvalue weighted by Crippen LogP contribution is 2.25. The van der Waals surface area contributed by atoms with Crippen LogP contribution in [0.15, 0.2) is 18.2 Å². The van der Waals surface area contributed by atoms with Gasteiger partial charge in [0, 0.05) is 19.2 Å². The molecule has 1 aromatic carbocycles. The molecule has 0 saturated heterocycles. The topological polar surface area (TPSA) is 57.6 Å². The van der Waals surface area contributed by atoms with Crippen LogP contribution in [0.5, 0.6) is 0 Å². The van der Waals surface area contributed by atoms with Crippen molar-refractivity contribution in [1.82, 2.24) is 4.90 Å². The molecular formula is C12H13NO3. The highest BCUT2D eigenvalue weighted by Gasteiger charge is 2.25. The molecule has 1 amide bonds. The molecule has 0 spiro atoms. The van der Waals surface area contributed by atoms with Gasteiger partial charge in [-0.1, -0.05) is 12.1 Å². The van der Waals surface area contributed by atoms with E-state index in [0.29, 0.717) is 17.7 Å². The molecule has 16 heavy (non-hydrogen) atoms. The number of amides is 1. The van der Waals surface area contributed by atoms with Gasteiger partial charge in [-0.3, -0.25) is 9.59 Å². The van der Waals surface area contributed by atoms with Crippen molar-refractivity contribution in [1.29, 1.82) is 0 Å². The number of nitrogens with zero attached hydrogens (tertiary/aromatic N) is 1. The number of fused-ring (bicyclic) bond motifs is 1. The standard InChI is InChI=1S/C12H13NO3/c1-7(12(15)16)8-3-4-9-6-13(2)11(14)10(9)5-8/h3-5,7H,6H2,1-2H3,(H,15,16). The summed E-state index contributed by atoms with van der Waals surface area (Å²) < 4.78 is 0. The zero-order valence-electron chi connectivity index (χ0n) is 9.23. The summed E-state index contributed by atoms with van der Waals surface area (Å²) in [5.41, 5.74) is 2.27. The van der Waals surface area contributed by atoms with Gasteiger partial charge < -0.3 is 10.0 Å². The van der Waals surface area contributed by atoms with E-state index in [1.165, 1.54) is 0 Å². The number of carbonyl (C=O) groups excluding carboxylic acids is 1. The van der Waals surface area contributed by atoms with Crippen LogP contribution >= 0.6 is 0 Å². The zero-order chi connectivity index (χ0) is 11.9. The van der Waals surface area contributed by atoms with Gasteiger partial charge >= 0.3 is 5.97 Å². The van der Waals surface area contributed by atoms with Crippen LogP contribution < -0.4 is 0 Å². The Hall–Kier alpha value is -1.84. The number of rotatable bonds is 2. The zero-order valence-corrected chi connectivity index (χ0v) is 9.23. The van der Waals surface area contributed by atoms with Gasteiger partial charge in [-0.2, -0.15) is 0 Å². The van der Waals surface area contributed by atoms with Gasteiger partial charge in [0.25, 0.3) is 5.91 Å². The Morgan fingerprint density at radius 1 is 1.50 bits per heavy atom. The molecule has 1 N–H and O–H groups in total. The number of carbonyl (C=O) groups is 2. The van der Waals surface area contributed by atoms with Crippen molar-refractivity contribution in [3.63, 3.8) is 0 Å². The predicted octanol–water partition coefficient (Wildman–Crippen LogP) is 1.46. The fourth-order valence-electron chi connectivity index (χ4n) is 1.88. The molecular weight excluding hydrogens is 206 g/mol. The molecule has 0 fully saturated rings. The Morgan fingerprint density at radius 3 is 2.81 bits per heavy atom. The van der Waals surface area contributed by atoms with E-state index < -0.39 is 11.9 Å². The fourth-order valence-corrected chi connectivity index (χ4v) is 1.88. The Kier molecular flexibility index (Phi) is 2.42. The third kappa shape index (κ3) is 1.56. The number of aliphatic carboxylic acids is 1. The van der Waals surface area contributed by atoms with Crippen LogP contribution in [-0.4, -0.2) is 28.9 Å². The minimum absolute atomic E-state index is 0.0329. The first-order valence-corrected chi connectivity index (χ1v) is 5.12. The van der Waals surface area contributed by atoms with Gasteiger partial charge in [0.15, 0.2) is 0 Å². The molecule has 0 saturated carbocycles. The SMILES string of the molecule is CC(C(=O)O)c1ccc2c(c1)C(=O)N(C)C2. The third-order valence-electron chi connectivity index (χ3n) is 2.99. The molecule has 1 aliphatic rings. The monoisotopic (exact) mass is 219 g/mol. The summed E-state index contributed by atoms with van der Waals surface area (Å²) >= 11 is 0. The lowest BCUT2D eigenvalue weighted by atomic mass is 9.97. The van der Waals surface area contributed by atoms with Crippen molar-refractivity contribution >= 4 is 11.9 Å². The van der Waals surface area contributed by atoms with E-state index in [9.17, 15) is 9.59 Å². The lowest BCUT2D eigenvalue weighted by Gasteiger charge is -2.07. The van der Waals surface area contributed by atoms with Crippen molar-refractivity contribution < 1.29 is 14.7 Å². The van der Waals surface area contributed by atoms with E-state index in [1.54, 1.807) is 31.0 Å². The molecule has 1 atom stereocenters. The van der Waals surface area contributed by atoms with E-state index in [1.807, 2.05) is 6.07 Å². The van der Waals surface area contributed by atoms with E-state index in [4.69, 9.17) is 5.11 Å². The molecule has 0 aromatic heterocycles. The molecule has 0 radical (unpaired) electrons. The van der Waals surface area contributed by atoms with E-state index in [0.717, 1.165) is 5.56 Å². The molecule has 1 aliphatic heterocycles. The van der Waals surface area contributed by atoms with Gasteiger partial charge in [-0.15, -0.1) is 0 Å². The van der Waals surface area contributed by atoms with Gasteiger partial charge in [-0.25, -0.2) is 0 Å². The van der Waals surface area contributed by atoms with Crippen molar-refractivity contribution in [3.05, 3.63) is 34.9 Å². The minimum Gasteiger partial charge on any atom is -0.481 e. The highest BCUT2D eigenvalue weighted by atomic mass is 16.4. The summed E-state index contributed by atoms with van der Waals surface area (Å²) in [5.74, 6) is -1.49. The number of hydrogen-bond acceptors (Lipinski definition) is 2. The Balaban J connectivity index is 2.41. The summed E-state index contributed by atoms with van der Waals surface area (Å²) in [5, 5.41) is 8.91. The maximum absolute atomic E-state index is 11.7. The van der Waals surface area contributed by atoms with E-state index in [-0.39, 0.29) is 5.91 Å². The van der Waals surface area contributed by atoms with Crippen LogP contribution in [0.2, 0.25) is 0 Å². The molecule has 4 nitrogen and oxygen atoms in total. The normalized spacial score (nSPS) is 16.1. The van der Waals surface area contributed by atoms with Gasteiger partial charge in [0.1, 0.15) is 0 Å². The third-order valence-corrected chi connectivity index (χ3v) is 2.99. The summed E-state index contributed by atoms with van der Waals surface area (Å²) in [7, 11) is 1.74. The van der Waals surface area contributed by atoms with Crippen LogP contribution in [0.3, 0.4) is 0 Å². The second-order valence-electron chi connectivity index (χ2n) is 4.14. The fraction of sp³-hybridized carbons (Fsp3) is 0.333. The second kappa shape index (κ2) is 3.63. The molecule has 2 rings (SSSR count). The van der Waals surface area contributed by atoms with Gasteiger partial charge in [0.2, 0.25) is 0 Å². The first-order valence-electron chi connectivity index (χ1n) is 5.12. The van der Waals surface area contributed by atoms with Gasteiger partial charge in [0.05, 0.1) is 5.92 Å². The number of hydrogen-bond donors (Lipinski definition) is 1. The minimum atomic E-state index is -0.876. The van der Waals surface area contributed by atoms with Gasteiger partial charge in [-0.05, 0) is 24.1 Å². The Morgan fingerprint density at radius 2 is 2.19 bits per heavy atom. The van der Waals surface area contributed by atoms with Crippen molar-refractivity contribution in [2.24, 2.45) is 0 Å². The van der Waals surface area contributed by atoms with E-state index in [2.05, 4.69) is 0 Å². The maximum atomic E-state index is 11.7. The first kappa shape index (κ1) is 10.7. The molecule has 0 aliphatic carbocycles. The number of carboxylic acids is 1. The predicted molar refractivity (Wildman–Crippen MR) is 58.3 cm³/mol. The summed E-state index contributed by atoms with van der Waals surface area (Å²) in [4.78, 5) is 24.2. The Bertz CT molecular complexity index is 467. The average molecular weight is 219 g/mol. The Labute approximate surface area is 93.5 Å². The molecule has 1 unspecified atom stereocenters. The average Bonchev–Trinajstić information content (AvgIpc) is 2.53.